The molecule has 4 saturated carbocycles. The molecule has 5 rings (SSSR count). The van der Waals surface area contributed by atoms with Crippen molar-refractivity contribution in [3.8, 4) is 0 Å². The first-order valence-electron chi connectivity index (χ1n) is 10.5. The Labute approximate surface area is 170 Å². The summed E-state index contributed by atoms with van der Waals surface area (Å²) in [5.74, 6) is 1.24. The van der Waals surface area contributed by atoms with E-state index in [4.69, 9.17) is 10.5 Å². The Kier molecular flexibility index (Phi) is 5.48. The number of nitrogens with two attached hydrogens (primary N) is 1. The molecule has 29 heavy (non-hydrogen) atoms. The topological polar surface area (TPSA) is 111 Å². The van der Waals surface area contributed by atoms with Crippen molar-refractivity contribution in [3.05, 3.63) is 35.9 Å². The van der Waals surface area contributed by atoms with Gasteiger partial charge in [-0.2, -0.15) is 0 Å². The highest BCUT2D eigenvalue weighted by Gasteiger charge is 2.51. The van der Waals surface area contributed by atoms with Crippen LogP contribution in [-0.4, -0.2) is 36.1 Å². The van der Waals surface area contributed by atoms with Gasteiger partial charge in [-0.05, 0) is 61.8 Å². The van der Waals surface area contributed by atoms with E-state index < -0.39 is 18.0 Å². The van der Waals surface area contributed by atoms with Gasteiger partial charge in [0, 0.05) is 12.0 Å². The van der Waals surface area contributed by atoms with Crippen molar-refractivity contribution in [2.24, 2.45) is 23.5 Å². The van der Waals surface area contributed by atoms with Gasteiger partial charge >= 0.3 is 12.0 Å². The third-order valence-corrected chi connectivity index (χ3v) is 6.67. The molecule has 0 spiro atoms. The lowest BCUT2D eigenvalue weighted by Gasteiger charge is -2.56. The second-order valence-corrected chi connectivity index (χ2v) is 9.10. The maximum Gasteiger partial charge on any atom is 0.329 e. The maximum absolute atomic E-state index is 12.5. The summed E-state index contributed by atoms with van der Waals surface area (Å²) in [6, 6.07) is 7.53. The predicted octanol–water partition coefficient (Wildman–Crippen LogP) is 1.89. The van der Waals surface area contributed by atoms with Gasteiger partial charge in [-0.25, -0.2) is 9.59 Å². The molecule has 1 atom stereocenters. The third kappa shape index (κ3) is 4.71. The molecule has 7 heteroatoms. The zero-order valence-corrected chi connectivity index (χ0v) is 16.6. The van der Waals surface area contributed by atoms with Gasteiger partial charge in [-0.3, -0.25) is 4.79 Å². The number of esters is 1. The number of urea groups is 1. The van der Waals surface area contributed by atoms with Gasteiger partial charge < -0.3 is 21.1 Å². The third-order valence-electron chi connectivity index (χ3n) is 6.67. The van der Waals surface area contributed by atoms with E-state index in [-0.39, 0.29) is 24.5 Å². The largest absolute Gasteiger partial charge is 0.454 e. The number of carbonyl (C=O) groups is 3. The molecule has 0 unspecified atom stereocenters. The monoisotopic (exact) mass is 399 g/mol. The van der Waals surface area contributed by atoms with Crippen molar-refractivity contribution in [1.82, 2.24) is 10.6 Å². The summed E-state index contributed by atoms with van der Waals surface area (Å²) in [6.07, 6.45) is 7.26. The first-order chi connectivity index (χ1) is 13.9. The Hall–Kier alpha value is -2.57. The van der Waals surface area contributed by atoms with Gasteiger partial charge in [0.2, 0.25) is 0 Å². The summed E-state index contributed by atoms with van der Waals surface area (Å²) in [4.78, 5) is 36.3. The number of primary amides is 1. The van der Waals surface area contributed by atoms with Gasteiger partial charge in [0.15, 0.2) is 6.61 Å². The number of amides is 3. The minimum Gasteiger partial charge on any atom is -0.454 e. The fraction of sp³-hybridized carbons (Fsp3) is 0.591. The summed E-state index contributed by atoms with van der Waals surface area (Å²) in [5, 5.41) is 5.59. The lowest BCUT2D eigenvalue weighted by Crippen LogP contribution is -2.60. The van der Waals surface area contributed by atoms with Crippen LogP contribution < -0.4 is 16.4 Å². The molecule has 0 radical (unpaired) electrons. The second kappa shape index (κ2) is 8.05. The first-order valence-corrected chi connectivity index (χ1v) is 10.5. The zero-order valence-electron chi connectivity index (χ0n) is 16.6. The molecule has 4 aliphatic carbocycles. The first kappa shape index (κ1) is 19.7. The Bertz CT molecular complexity index is 744. The summed E-state index contributed by atoms with van der Waals surface area (Å²) >= 11 is 0. The lowest BCUT2D eigenvalue weighted by atomic mass is 9.53. The molecule has 4 fully saturated rings. The number of benzene rings is 1. The second-order valence-electron chi connectivity index (χ2n) is 9.10. The molecule has 156 valence electrons. The molecule has 0 aromatic heterocycles. The lowest BCUT2D eigenvalue weighted by molar-refractivity contribution is -0.151. The van der Waals surface area contributed by atoms with E-state index in [2.05, 4.69) is 10.6 Å². The molecule has 0 aliphatic heterocycles. The normalized spacial score (nSPS) is 30.4. The van der Waals surface area contributed by atoms with Crippen molar-refractivity contribution >= 4 is 17.9 Å². The Morgan fingerprint density at radius 1 is 1.03 bits per heavy atom. The smallest absolute Gasteiger partial charge is 0.329 e. The van der Waals surface area contributed by atoms with Gasteiger partial charge in [0.25, 0.3) is 5.91 Å². The van der Waals surface area contributed by atoms with Crippen LogP contribution in [0.25, 0.3) is 0 Å². The molecular weight excluding hydrogens is 370 g/mol. The fourth-order valence-electron chi connectivity index (χ4n) is 6.05. The van der Waals surface area contributed by atoms with E-state index in [0.717, 1.165) is 42.6 Å². The van der Waals surface area contributed by atoms with Crippen LogP contribution in [0.15, 0.2) is 30.3 Å². The van der Waals surface area contributed by atoms with Crippen LogP contribution in [-0.2, 0) is 20.7 Å². The summed E-state index contributed by atoms with van der Waals surface area (Å²) in [7, 11) is 0. The Morgan fingerprint density at radius 2 is 1.62 bits per heavy atom. The van der Waals surface area contributed by atoms with Crippen LogP contribution >= 0.6 is 0 Å². The highest BCUT2D eigenvalue weighted by atomic mass is 16.5. The number of nitrogens with one attached hydrogen (secondary N) is 2. The van der Waals surface area contributed by atoms with Crippen LogP contribution in [0.1, 0.15) is 44.1 Å². The average molecular weight is 399 g/mol. The molecule has 1 aromatic rings. The minimum atomic E-state index is -0.928. The van der Waals surface area contributed by atoms with Crippen LogP contribution in [0.5, 0.6) is 0 Å². The molecule has 0 heterocycles. The fourth-order valence-corrected chi connectivity index (χ4v) is 6.05. The maximum atomic E-state index is 12.5. The van der Waals surface area contributed by atoms with E-state index in [0.29, 0.717) is 0 Å². The Morgan fingerprint density at radius 3 is 2.17 bits per heavy atom. The van der Waals surface area contributed by atoms with E-state index >= 15 is 0 Å². The van der Waals surface area contributed by atoms with Crippen LogP contribution in [0.4, 0.5) is 4.79 Å². The standard InChI is InChI=1S/C22H29N3O4/c23-21(28)24-18(9-14-4-2-1-3-5-14)20(27)29-13-19(26)25-22-10-15-6-16(11-22)8-17(7-15)12-22/h1-5,15-18H,6-13H2,(H,25,26)(H3,23,24,28)/t15?,16?,17?,18-,22?/m0/s1. The quantitative estimate of drug-likeness (QED) is 0.608. The zero-order chi connectivity index (χ0) is 20.4. The van der Waals surface area contributed by atoms with Crippen LogP contribution in [0.2, 0.25) is 0 Å². The van der Waals surface area contributed by atoms with Crippen molar-refractivity contribution < 1.29 is 19.1 Å². The Balaban J connectivity index is 1.31. The van der Waals surface area contributed by atoms with Crippen molar-refractivity contribution in [1.29, 1.82) is 0 Å². The molecule has 4 aliphatic rings. The van der Waals surface area contributed by atoms with Crippen LogP contribution in [0.3, 0.4) is 0 Å². The predicted molar refractivity (Wildman–Crippen MR) is 107 cm³/mol. The summed E-state index contributed by atoms with van der Waals surface area (Å²) in [5.41, 5.74) is 5.94. The van der Waals surface area contributed by atoms with Crippen LogP contribution in [0, 0.1) is 17.8 Å². The minimum absolute atomic E-state index is 0.118. The highest BCUT2D eigenvalue weighted by Crippen LogP contribution is 2.55. The average Bonchev–Trinajstić information content (AvgIpc) is 2.64. The van der Waals surface area contributed by atoms with E-state index in [1.54, 1.807) is 0 Å². The van der Waals surface area contributed by atoms with Crippen molar-refractivity contribution in [2.45, 2.75) is 56.5 Å². The molecule has 1 aromatic carbocycles. The number of ether oxygens (including phenoxy) is 1. The number of rotatable bonds is 7. The molecule has 4 N–H and O–H groups in total. The number of carbonyl (C=O) groups excluding carboxylic acids is 3. The SMILES string of the molecule is NC(=O)N[C@@H](Cc1ccccc1)C(=O)OCC(=O)NC12CC3CC(CC(C3)C1)C2. The molecule has 3 amide bonds. The highest BCUT2D eigenvalue weighted by molar-refractivity contribution is 5.86. The molecular formula is C22H29N3O4. The van der Waals surface area contributed by atoms with Gasteiger partial charge in [0.1, 0.15) is 6.04 Å². The van der Waals surface area contributed by atoms with E-state index in [1.165, 1.54) is 19.3 Å². The van der Waals surface area contributed by atoms with Gasteiger partial charge in [-0.1, -0.05) is 30.3 Å². The number of hydrogen-bond acceptors (Lipinski definition) is 4. The molecule has 4 bridgehead atoms. The van der Waals surface area contributed by atoms with Crippen molar-refractivity contribution in [2.75, 3.05) is 6.61 Å². The number of hydrogen-bond donors (Lipinski definition) is 3. The molecule has 7 nitrogen and oxygen atoms in total. The van der Waals surface area contributed by atoms with Gasteiger partial charge in [-0.15, -0.1) is 0 Å². The molecule has 0 saturated heterocycles. The summed E-state index contributed by atoms with van der Waals surface area (Å²) in [6.45, 7) is -0.341. The van der Waals surface area contributed by atoms with E-state index in [1.807, 2.05) is 30.3 Å². The van der Waals surface area contributed by atoms with Crippen molar-refractivity contribution in [3.63, 3.8) is 0 Å². The van der Waals surface area contributed by atoms with E-state index in [9.17, 15) is 14.4 Å². The summed E-state index contributed by atoms with van der Waals surface area (Å²) < 4.78 is 5.23. The van der Waals surface area contributed by atoms with Gasteiger partial charge in [0.05, 0.1) is 0 Å².